The largest absolute Gasteiger partial charge is 0.307 e. The summed E-state index contributed by atoms with van der Waals surface area (Å²) in [6.07, 6.45) is 5.99. The first-order valence-corrected chi connectivity index (χ1v) is 8.53. The van der Waals surface area contributed by atoms with Crippen LogP contribution in [0.1, 0.15) is 43.5 Å². The smallest absolute Gasteiger partial charge is 0.0727 e. The van der Waals surface area contributed by atoms with Gasteiger partial charge in [-0.2, -0.15) is 5.10 Å². The fourth-order valence-electron chi connectivity index (χ4n) is 3.50. The van der Waals surface area contributed by atoms with Gasteiger partial charge in [0.1, 0.15) is 0 Å². The summed E-state index contributed by atoms with van der Waals surface area (Å²) < 4.78 is 2.08. The molecule has 3 aromatic rings. The van der Waals surface area contributed by atoms with Crippen LogP contribution in [0.5, 0.6) is 0 Å². The Balaban J connectivity index is 1.72. The molecule has 1 N–H and O–H groups in total. The van der Waals surface area contributed by atoms with Crippen molar-refractivity contribution in [2.45, 2.75) is 45.2 Å². The van der Waals surface area contributed by atoms with Crippen LogP contribution < -0.4 is 5.32 Å². The van der Waals surface area contributed by atoms with E-state index in [9.17, 15) is 0 Å². The van der Waals surface area contributed by atoms with E-state index in [0.29, 0.717) is 12.1 Å². The van der Waals surface area contributed by atoms with Crippen LogP contribution in [0.2, 0.25) is 0 Å². The summed E-state index contributed by atoms with van der Waals surface area (Å²) in [6.45, 7) is 4.42. The molecule has 1 saturated carbocycles. The summed E-state index contributed by atoms with van der Waals surface area (Å²) in [6, 6.07) is 15.9. The Kier molecular flexibility index (Phi) is 3.66. The van der Waals surface area contributed by atoms with Crippen molar-refractivity contribution in [3.05, 3.63) is 59.9 Å². The SMILES string of the molecule is Cc1c(C(C)NC2CCC2)cnn1-c1cccc2ccccc12. The van der Waals surface area contributed by atoms with Crippen LogP contribution in [-0.4, -0.2) is 15.8 Å². The summed E-state index contributed by atoms with van der Waals surface area (Å²) >= 11 is 0. The number of aromatic nitrogens is 2. The fraction of sp³-hybridized carbons (Fsp3) is 0.350. The second kappa shape index (κ2) is 5.82. The molecule has 1 heterocycles. The van der Waals surface area contributed by atoms with Crippen LogP contribution in [0, 0.1) is 6.92 Å². The lowest BCUT2D eigenvalue weighted by Gasteiger charge is -2.30. The summed E-state index contributed by atoms with van der Waals surface area (Å²) in [5, 5.41) is 10.9. The van der Waals surface area contributed by atoms with Crippen LogP contribution in [0.3, 0.4) is 0 Å². The molecule has 1 aliphatic carbocycles. The number of fused-ring (bicyclic) bond motifs is 1. The maximum absolute atomic E-state index is 4.68. The van der Waals surface area contributed by atoms with Crippen LogP contribution >= 0.6 is 0 Å². The monoisotopic (exact) mass is 305 g/mol. The van der Waals surface area contributed by atoms with Gasteiger partial charge in [0.15, 0.2) is 0 Å². The van der Waals surface area contributed by atoms with Crippen LogP contribution in [-0.2, 0) is 0 Å². The molecule has 1 aliphatic rings. The predicted octanol–water partition coefficient (Wildman–Crippen LogP) is 4.54. The Bertz CT molecular complexity index is 825. The molecule has 4 rings (SSSR count). The van der Waals surface area contributed by atoms with Crippen LogP contribution in [0.15, 0.2) is 48.7 Å². The predicted molar refractivity (Wildman–Crippen MR) is 95.0 cm³/mol. The van der Waals surface area contributed by atoms with Crippen molar-refractivity contribution in [3.8, 4) is 5.69 Å². The first kappa shape index (κ1) is 14.5. The van der Waals surface area contributed by atoms with Crippen molar-refractivity contribution >= 4 is 10.8 Å². The van der Waals surface area contributed by atoms with Gasteiger partial charge in [-0.1, -0.05) is 42.8 Å². The molecule has 1 aromatic heterocycles. The third kappa shape index (κ3) is 2.55. The van der Waals surface area contributed by atoms with Crippen molar-refractivity contribution in [1.29, 1.82) is 0 Å². The Morgan fingerprint density at radius 1 is 1.13 bits per heavy atom. The highest BCUT2D eigenvalue weighted by Gasteiger charge is 2.22. The van der Waals surface area contributed by atoms with Gasteiger partial charge in [0, 0.05) is 28.7 Å². The Labute approximate surface area is 137 Å². The highest BCUT2D eigenvalue weighted by Crippen LogP contribution is 2.27. The summed E-state index contributed by atoms with van der Waals surface area (Å²) in [5.74, 6) is 0. The molecule has 1 fully saturated rings. The lowest BCUT2D eigenvalue weighted by atomic mass is 9.92. The van der Waals surface area contributed by atoms with E-state index in [1.165, 1.54) is 41.3 Å². The maximum atomic E-state index is 4.68. The number of benzene rings is 2. The topological polar surface area (TPSA) is 29.9 Å². The second-order valence-corrected chi connectivity index (χ2v) is 6.61. The first-order chi connectivity index (χ1) is 11.2. The zero-order chi connectivity index (χ0) is 15.8. The molecular weight excluding hydrogens is 282 g/mol. The number of nitrogens with zero attached hydrogens (tertiary/aromatic N) is 2. The van der Waals surface area contributed by atoms with Gasteiger partial charge < -0.3 is 5.32 Å². The maximum Gasteiger partial charge on any atom is 0.0727 e. The number of hydrogen-bond acceptors (Lipinski definition) is 2. The highest BCUT2D eigenvalue weighted by molar-refractivity contribution is 5.90. The van der Waals surface area contributed by atoms with Gasteiger partial charge >= 0.3 is 0 Å². The van der Waals surface area contributed by atoms with Gasteiger partial charge in [0.05, 0.1) is 11.9 Å². The second-order valence-electron chi connectivity index (χ2n) is 6.61. The van der Waals surface area contributed by atoms with Gasteiger partial charge in [-0.3, -0.25) is 0 Å². The molecule has 23 heavy (non-hydrogen) atoms. The molecule has 1 unspecified atom stereocenters. The highest BCUT2D eigenvalue weighted by atomic mass is 15.3. The van der Waals surface area contributed by atoms with E-state index in [1.807, 2.05) is 6.20 Å². The van der Waals surface area contributed by atoms with Gasteiger partial charge in [-0.05, 0) is 38.1 Å². The van der Waals surface area contributed by atoms with Gasteiger partial charge in [0.2, 0.25) is 0 Å². The molecular formula is C20H23N3. The van der Waals surface area contributed by atoms with E-state index < -0.39 is 0 Å². The summed E-state index contributed by atoms with van der Waals surface area (Å²) in [7, 11) is 0. The zero-order valence-corrected chi connectivity index (χ0v) is 13.8. The minimum absolute atomic E-state index is 0.351. The standard InChI is InChI=1S/C20H23N3/c1-14(22-17-9-6-10-17)19-13-21-23(15(19)2)20-12-5-8-16-7-3-4-11-18(16)20/h3-5,7-8,11-14,17,22H,6,9-10H2,1-2H3. The molecule has 1 atom stereocenters. The first-order valence-electron chi connectivity index (χ1n) is 8.53. The lowest BCUT2D eigenvalue weighted by molar-refractivity contribution is 0.313. The van der Waals surface area contributed by atoms with Gasteiger partial charge in [0.25, 0.3) is 0 Å². The normalized spacial score (nSPS) is 16.4. The quantitative estimate of drug-likeness (QED) is 0.767. The summed E-state index contributed by atoms with van der Waals surface area (Å²) in [4.78, 5) is 0. The molecule has 0 amide bonds. The van der Waals surface area contributed by atoms with Crippen molar-refractivity contribution < 1.29 is 0 Å². The van der Waals surface area contributed by atoms with E-state index in [2.05, 4.69) is 71.4 Å². The van der Waals surface area contributed by atoms with Crippen LogP contribution in [0.4, 0.5) is 0 Å². The van der Waals surface area contributed by atoms with Gasteiger partial charge in [-0.25, -0.2) is 4.68 Å². The average Bonchev–Trinajstić information content (AvgIpc) is 2.92. The van der Waals surface area contributed by atoms with Crippen molar-refractivity contribution in [1.82, 2.24) is 15.1 Å². The number of nitrogens with one attached hydrogen (secondary N) is 1. The van der Waals surface area contributed by atoms with E-state index in [-0.39, 0.29) is 0 Å². The third-order valence-electron chi connectivity index (χ3n) is 5.10. The van der Waals surface area contributed by atoms with Crippen molar-refractivity contribution in [2.24, 2.45) is 0 Å². The van der Waals surface area contributed by atoms with Crippen LogP contribution in [0.25, 0.3) is 16.5 Å². The average molecular weight is 305 g/mol. The summed E-state index contributed by atoms with van der Waals surface area (Å²) in [5.41, 5.74) is 3.67. The molecule has 0 aliphatic heterocycles. The molecule has 118 valence electrons. The molecule has 0 radical (unpaired) electrons. The molecule has 0 spiro atoms. The lowest BCUT2D eigenvalue weighted by Crippen LogP contribution is -2.36. The zero-order valence-electron chi connectivity index (χ0n) is 13.8. The molecule has 2 aromatic carbocycles. The Hall–Kier alpha value is -2.13. The van der Waals surface area contributed by atoms with Gasteiger partial charge in [-0.15, -0.1) is 0 Å². The molecule has 3 nitrogen and oxygen atoms in total. The van der Waals surface area contributed by atoms with Crippen molar-refractivity contribution in [3.63, 3.8) is 0 Å². The molecule has 3 heteroatoms. The molecule has 0 saturated heterocycles. The Morgan fingerprint density at radius 3 is 2.70 bits per heavy atom. The van der Waals surface area contributed by atoms with E-state index in [0.717, 1.165) is 5.69 Å². The molecule has 0 bridgehead atoms. The van der Waals surface area contributed by atoms with E-state index in [4.69, 9.17) is 0 Å². The minimum atomic E-state index is 0.351. The number of rotatable bonds is 4. The Morgan fingerprint density at radius 2 is 1.91 bits per heavy atom. The number of hydrogen-bond donors (Lipinski definition) is 1. The van der Waals surface area contributed by atoms with E-state index >= 15 is 0 Å². The van der Waals surface area contributed by atoms with Crippen molar-refractivity contribution in [2.75, 3.05) is 0 Å². The van der Waals surface area contributed by atoms with E-state index in [1.54, 1.807) is 0 Å². The minimum Gasteiger partial charge on any atom is -0.307 e. The third-order valence-corrected chi connectivity index (χ3v) is 5.10. The fourth-order valence-corrected chi connectivity index (χ4v) is 3.50.